The summed E-state index contributed by atoms with van der Waals surface area (Å²) in [5, 5.41) is 0. The Hall–Kier alpha value is -3.56. The number of pyridine rings is 1. The Bertz CT molecular complexity index is 1300. The molecule has 0 bridgehead atoms. The topological polar surface area (TPSA) is 69.4 Å². The number of amides is 1. The third-order valence-corrected chi connectivity index (χ3v) is 5.99. The lowest BCUT2D eigenvalue weighted by Gasteiger charge is -2.40. The Morgan fingerprint density at radius 2 is 1.94 bits per heavy atom. The van der Waals surface area contributed by atoms with E-state index in [2.05, 4.69) is 4.98 Å². The van der Waals surface area contributed by atoms with Crippen molar-refractivity contribution in [1.29, 1.82) is 0 Å². The van der Waals surface area contributed by atoms with Crippen LogP contribution in [0.2, 0.25) is 0 Å². The first kappa shape index (κ1) is 23.6. The minimum Gasteiger partial charge on any atom is -0.494 e. The van der Waals surface area contributed by atoms with Crippen LogP contribution in [-0.2, 0) is 12.7 Å². The van der Waals surface area contributed by atoms with E-state index in [1.54, 1.807) is 43.7 Å². The van der Waals surface area contributed by atoms with E-state index in [4.69, 9.17) is 4.74 Å². The SMILES string of the molecule is CCOc1cc(C(C)N2C(=O)c3ccc(-n4cnc(C)c4)c(=O)n3CC2C)cc(C(F)(F)F)c1. The Labute approximate surface area is 194 Å². The van der Waals surface area contributed by atoms with E-state index < -0.39 is 29.7 Å². The number of hydrogen-bond donors (Lipinski definition) is 0. The molecule has 4 rings (SSSR count). The number of alkyl halides is 3. The molecule has 0 aliphatic carbocycles. The van der Waals surface area contributed by atoms with Gasteiger partial charge in [-0.25, -0.2) is 4.98 Å². The van der Waals surface area contributed by atoms with E-state index in [0.717, 1.165) is 17.8 Å². The number of rotatable bonds is 5. The molecule has 1 aromatic carbocycles. The van der Waals surface area contributed by atoms with Crippen molar-refractivity contribution >= 4 is 5.91 Å². The highest BCUT2D eigenvalue weighted by molar-refractivity contribution is 5.94. The molecule has 0 fully saturated rings. The van der Waals surface area contributed by atoms with E-state index in [0.29, 0.717) is 11.3 Å². The van der Waals surface area contributed by atoms with Gasteiger partial charge in [-0.05, 0) is 63.6 Å². The largest absolute Gasteiger partial charge is 0.494 e. The minimum absolute atomic E-state index is 0.0909. The number of hydrogen-bond acceptors (Lipinski definition) is 4. The van der Waals surface area contributed by atoms with Gasteiger partial charge >= 0.3 is 6.18 Å². The second kappa shape index (κ2) is 8.66. The zero-order chi connectivity index (χ0) is 24.8. The molecule has 1 aliphatic heterocycles. The number of imidazole rings is 1. The van der Waals surface area contributed by atoms with E-state index in [9.17, 15) is 22.8 Å². The Balaban J connectivity index is 1.73. The van der Waals surface area contributed by atoms with Gasteiger partial charge in [-0.1, -0.05) is 0 Å². The summed E-state index contributed by atoms with van der Waals surface area (Å²) in [5.41, 5.74) is 0.436. The molecule has 0 radical (unpaired) electrons. The number of fused-ring (bicyclic) bond motifs is 1. The highest BCUT2D eigenvalue weighted by Crippen LogP contribution is 2.36. The van der Waals surface area contributed by atoms with Gasteiger partial charge in [-0.15, -0.1) is 0 Å². The van der Waals surface area contributed by atoms with Crippen LogP contribution in [0.5, 0.6) is 5.75 Å². The molecule has 0 saturated carbocycles. The van der Waals surface area contributed by atoms with Gasteiger partial charge in [0.1, 0.15) is 17.1 Å². The Morgan fingerprint density at radius 1 is 1.21 bits per heavy atom. The van der Waals surface area contributed by atoms with Crippen LogP contribution in [0.4, 0.5) is 13.2 Å². The first-order chi connectivity index (χ1) is 16.0. The lowest BCUT2D eigenvalue weighted by molar-refractivity contribution is -0.137. The second-order valence-corrected chi connectivity index (χ2v) is 8.40. The molecule has 34 heavy (non-hydrogen) atoms. The Kier molecular flexibility index (Phi) is 6.01. The molecular formula is C24H25F3N4O3. The molecule has 0 spiro atoms. The average Bonchev–Trinajstić information content (AvgIpc) is 3.20. The van der Waals surface area contributed by atoms with Gasteiger partial charge < -0.3 is 18.8 Å². The molecule has 1 aliphatic rings. The number of halogens is 3. The summed E-state index contributed by atoms with van der Waals surface area (Å²) in [5.74, 6) is -0.333. The molecule has 0 N–H and O–H groups in total. The van der Waals surface area contributed by atoms with Gasteiger partial charge in [0.25, 0.3) is 11.5 Å². The lowest BCUT2D eigenvalue weighted by atomic mass is 9.99. The first-order valence-corrected chi connectivity index (χ1v) is 10.9. The van der Waals surface area contributed by atoms with Gasteiger partial charge in [0.15, 0.2) is 0 Å². The molecule has 10 heteroatoms. The number of benzene rings is 1. The normalized spacial score (nSPS) is 17.0. The van der Waals surface area contributed by atoms with Crippen LogP contribution in [-0.4, -0.2) is 37.6 Å². The molecule has 2 atom stereocenters. The summed E-state index contributed by atoms with van der Waals surface area (Å²) >= 11 is 0. The maximum Gasteiger partial charge on any atom is 0.416 e. The third-order valence-electron chi connectivity index (χ3n) is 5.99. The van der Waals surface area contributed by atoms with Gasteiger partial charge in [0, 0.05) is 18.8 Å². The quantitative estimate of drug-likeness (QED) is 0.551. The Morgan fingerprint density at radius 3 is 2.56 bits per heavy atom. The summed E-state index contributed by atoms with van der Waals surface area (Å²) in [7, 11) is 0. The zero-order valence-corrected chi connectivity index (χ0v) is 19.3. The van der Waals surface area contributed by atoms with Gasteiger partial charge in [-0.2, -0.15) is 13.2 Å². The van der Waals surface area contributed by atoms with Gasteiger partial charge in [-0.3, -0.25) is 9.59 Å². The second-order valence-electron chi connectivity index (χ2n) is 8.40. The number of carbonyl (C=O) groups is 1. The minimum atomic E-state index is -4.55. The van der Waals surface area contributed by atoms with Crippen LogP contribution in [0, 0.1) is 6.92 Å². The fourth-order valence-electron chi connectivity index (χ4n) is 4.36. The van der Waals surface area contributed by atoms with E-state index in [1.807, 2.05) is 6.92 Å². The van der Waals surface area contributed by atoms with E-state index in [1.165, 1.54) is 21.9 Å². The monoisotopic (exact) mass is 474 g/mol. The molecule has 3 aromatic rings. The van der Waals surface area contributed by atoms with E-state index in [-0.39, 0.29) is 30.2 Å². The summed E-state index contributed by atoms with van der Waals surface area (Å²) in [4.78, 5) is 32.2. The summed E-state index contributed by atoms with van der Waals surface area (Å²) in [6, 6.07) is 5.53. The smallest absolute Gasteiger partial charge is 0.416 e. The molecule has 1 amide bonds. The van der Waals surface area contributed by atoms with E-state index >= 15 is 0 Å². The number of ether oxygens (including phenoxy) is 1. The maximum absolute atomic E-state index is 13.5. The van der Waals surface area contributed by atoms with Gasteiger partial charge in [0.05, 0.1) is 30.2 Å². The van der Waals surface area contributed by atoms with Crippen molar-refractivity contribution in [3.63, 3.8) is 0 Å². The number of aryl methyl sites for hydroxylation is 1. The molecular weight excluding hydrogens is 449 g/mol. The summed E-state index contributed by atoms with van der Waals surface area (Å²) in [6.07, 6.45) is -1.30. The highest BCUT2D eigenvalue weighted by atomic mass is 19.4. The van der Waals surface area contributed by atoms with Crippen molar-refractivity contribution in [2.24, 2.45) is 0 Å². The van der Waals surface area contributed by atoms with Crippen LogP contribution in [0.3, 0.4) is 0 Å². The first-order valence-electron chi connectivity index (χ1n) is 10.9. The van der Waals surface area contributed by atoms with Crippen molar-refractivity contribution in [2.45, 2.75) is 52.5 Å². The van der Waals surface area contributed by atoms with Crippen LogP contribution in [0.25, 0.3) is 5.69 Å². The molecule has 3 heterocycles. The van der Waals surface area contributed by atoms with Crippen LogP contribution >= 0.6 is 0 Å². The molecule has 2 aromatic heterocycles. The van der Waals surface area contributed by atoms with Crippen molar-refractivity contribution in [3.8, 4) is 11.4 Å². The molecule has 2 unspecified atom stereocenters. The van der Waals surface area contributed by atoms with Crippen molar-refractivity contribution in [1.82, 2.24) is 19.0 Å². The highest BCUT2D eigenvalue weighted by Gasteiger charge is 2.37. The molecule has 7 nitrogen and oxygen atoms in total. The van der Waals surface area contributed by atoms with Gasteiger partial charge in [0.2, 0.25) is 0 Å². The van der Waals surface area contributed by atoms with Crippen LogP contribution in [0.15, 0.2) is 47.7 Å². The lowest BCUT2D eigenvalue weighted by Crippen LogP contribution is -2.50. The van der Waals surface area contributed by atoms with Crippen LogP contribution in [0.1, 0.15) is 54.1 Å². The van der Waals surface area contributed by atoms with Crippen molar-refractivity contribution in [3.05, 3.63) is 75.7 Å². The predicted octanol–water partition coefficient (Wildman–Crippen LogP) is 4.37. The zero-order valence-electron chi connectivity index (χ0n) is 19.3. The molecule has 180 valence electrons. The van der Waals surface area contributed by atoms with Crippen molar-refractivity contribution in [2.75, 3.05) is 6.61 Å². The maximum atomic E-state index is 13.5. The number of carbonyl (C=O) groups excluding carboxylic acids is 1. The fourth-order valence-corrected chi connectivity index (χ4v) is 4.36. The molecule has 0 saturated heterocycles. The standard InChI is InChI=1S/C24H25F3N4O3/c1-5-34-19-9-17(8-18(10-19)24(25,26)27)16(4)31-15(3)12-30-21(23(31)33)7-6-20(22(30)32)29-11-14(2)28-13-29/h6-11,13,15-16H,5,12H2,1-4H3. The van der Waals surface area contributed by atoms with Crippen molar-refractivity contribution < 1.29 is 22.7 Å². The summed E-state index contributed by atoms with van der Waals surface area (Å²) in [6.45, 7) is 7.37. The average molecular weight is 474 g/mol. The summed E-state index contributed by atoms with van der Waals surface area (Å²) < 4.78 is 48.8. The number of nitrogens with zero attached hydrogens (tertiary/aromatic N) is 4. The van der Waals surface area contributed by atoms with Crippen LogP contribution < -0.4 is 10.3 Å². The third kappa shape index (κ3) is 4.20. The number of aromatic nitrogens is 3. The predicted molar refractivity (Wildman–Crippen MR) is 119 cm³/mol. The fraction of sp³-hybridized carbons (Fsp3) is 0.375.